The topological polar surface area (TPSA) is 89.0 Å². The van der Waals surface area contributed by atoms with Gasteiger partial charge in [0.25, 0.3) is 11.6 Å². The van der Waals surface area contributed by atoms with Crippen molar-refractivity contribution < 1.29 is 14.1 Å². The number of amides is 1. The van der Waals surface area contributed by atoms with Crippen molar-refractivity contribution in [3.8, 4) is 11.3 Å². The van der Waals surface area contributed by atoms with Gasteiger partial charge >= 0.3 is 0 Å². The number of nitro benzene ring substituents is 1. The van der Waals surface area contributed by atoms with Crippen molar-refractivity contribution in [2.45, 2.75) is 19.8 Å². The van der Waals surface area contributed by atoms with Crippen LogP contribution in [0, 0.1) is 16.0 Å². The van der Waals surface area contributed by atoms with Crippen molar-refractivity contribution in [3.63, 3.8) is 0 Å². The molecule has 3 heterocycles. The zero-order valence-corrected chi connectivity index (χ0v) is 16.1. The number of aliphatic imine (C=N–C) groups is 1. The van der Waals surface area contributed by atoms with Gasteiger partial charge in [-0.3, -0.25) is 14.9 Å². The number of likely N-dealkylation sites (tertiary alicyclic amines) is 1. The molecular formula is C20H19N3O4S. The van der Waals surface area contributed by atoms with E-state index < -0.39 is 4.92 Å². The Morgan fingerprint density at radius 2 is 2.21 bits per heavy atom. The largest absolute Gasteiger partial charge is 0.457 e. The number of non-ortho nitro benzene ring substituents is 1. The van der Waals surface area contributed by atoms with Gasteiger partial charge in [0.2, 0.25) is 0 Å². The first-order valence-corrected chi connectivity index (χ1v) is 9.93. The highest BCUT2D eigenvalue weighted by Crippen LogP contribution is 2.33. The summed E-state index contributed by atoms with van der Waals surface area (Å²) in [5.74, 6) is 1.37. The summed E-state index contributed by atoms with van der Waals surface area (Å²) in [6, 6.07) is 9.74. The van der Waals surface area contributed by atoms with E-state index in [9.17, 15) is 14.9 Å². The van der Waals surface area contributed by atoms with Crippen LogP contribution in [0.25, 0.3) is 17.4 Å². The summed E-state index contributed by atoms with van der Waals surface area (Å²) in [7, 11) is 0. The van der Waals surface area contributed by atoms with Crippen molar-refractivity contribution in [3.05, 3.63) is 57.2 Å². The van der Waals surface area contributed by atoms with Gasteiger partial charge in [-0.1, -0.05) is 19.1 Å². The predicted molar refractivity (Wildman–Crippen MR) is 109 cm³/mol. The summed E-state index contributed by atoms with van der Waals surface area (Å²) in [5, 5.41) is 11.7. The summed E-state index contributed by atoms with van der Waals surface area (Å²) in [6.45, 7) is 4.06. The molecule has 0 bridgehead atoms. The number of nitrogens with zero attached hydrogens (tertiary/aromatic N) is 3. The van der Waals surface area contributed by atoms with Crippen molar-refractivity contribution in [1.82, 2.24) is 4.90 Å². The molecule has 0 saturated carbocycles. The number of rotatable bonds is 3. The Labute approximate surface area is 166 Å². The Hall–Kier alpha value is -2.87. The molecule has 4 rings (SSSR count). The molecule has 1 saturated heterocycles. The maximum atomic E-state index is 12.3. The molecule has 144 valence electrons. The van der Waals surface area contributed by atoms with Crippen LogP contribution in [-0.2, 0) is 4.79 Å². The average Bonchev–Trinajstić information content (AvgIpc) is 3.29. The van der Waals surface area contributed by atoms with Crippen LogP contribution >= 0.6 is 11.8 Å². The van der Waals surface area contributed by atoms with Gasteiger partial charge in [0.15, 0.2) is 5.17 Å². The summed E-state index contributed by atoms with van der Waals surface area (Å²) in [5.41, 5.74) is 0.618. The van der Waals surface area contributed by atoms with E-state index in [0.29, 0.717) is 27.9 Å². The Balaban J connectivity index is 1.51. The third-order valence-corrected chi connectivity index (χ3v) is 5.82. The Bertz CT molecular complexity index is 995. The first kappa shape index (κ1) is 18.5. The van der Waals surface area contributed by atoms with E-state index in [1.165, 1.54) is 30.3 Å². The van der Waals surface area contributed by atoms with Gasteiger partial charge < -0.3 is 9.32 Å². The number of piperidine rings is 1. The number of nitro groups is 1. The first-order chi connectivity index (χ1) is 13.5. The van der Waals surface area contributed by atoms with Gasteiger partial charge in [-0.15, -0.1) is 0 Å². The number of furan rings is 1. The van der Waals surface area contributed by atoms with Crippen LogP contribution in [0.15, 0.2) is 50.7 Å². The van der Waals surface area contributed by atoms with Gasteiger partial charge in [0, 0.05) is 36.9 Å². The molecule has 1 aromatic carbocycles. The second-order valence-electron chi connectivity index (χ2n) is 7.01. The van der Waals surface area contributed by atoms with E-state index in [2.05, 4.69) is 16.8 Å². The lowest BCUT2D eigenvalue weighted by Crippen LogP contribution is -2.37. The van der Waals surface area contributed by atoms with Crippen LogP contribution in [0.2, 0.25) is 0 Å². The molecular weight excluding hydrogens is 378 g/mol. The van der Waals surface area contributed by atoms with E-state index in [4.69, 9.17) is 4.42 Å². The van der Waals surface area contributed by atoms with Crippen LogP contribution < -0.4 is 0 Å². The quantitative estimate of drug-likeness (QED) is 0.429. The highest BCUT2D eigenvalue weighted by Gasteiger charge is 2.28. The van der Waals surface area contributed by atoms with E-state index in [0.717, 1.165) is 24.7 Å². The molecule has 2 aliphatic rings. The number of benzene rings is 1. The molecule has 1 atom stereocenters. The fourth-order valence-electron chi connectivity index (χ4n) is 3.38. The molecule has 1 amide bonds. The standard InChI is InChI=1S/C20H19N3O4S/c1-13-4-3-9-22(12-13)20-21-19(24)18(28-20)11-16-7-8-17(27-16)14-5-2-6-15(10-14)23(25)26/h2,5-8,10-11,13H,3-4,9,12H2,1H3. The van der Waals surface area contributed by atoms with E-state index in [1.807, 2.05) is 0 Å². The molecule has 2 aromatic rings. The molecule has 1 aromatic heterocycles. The Morgan fingerprint density at radius 1 is 1.36 bits per heavy atom. The number of hydrogen-bond donors (Lipinski definition) is 0. The van der Waals surface area contributed by atoms with Gasteiger partial charge in [-0.25, -0.2) is 0 Å². The van der Waals surface area contributed by atoms with E-state index >= 15 is 0 Å². The van der Waals surface area contributed by atoms with Crippen LogP contribution in [0.1, 0.15) is 25.5 Å². The Morgan fingerprint density at radius 3 is 3.00 bits per heavy atom. The SMILES string of the molecule is CC1CCCN(C2=NC(=O)C(=Cc3ccc(-c4cccc([N+](=O)[O-])c4)o3)S2)C1. The minimum absolute atomic E-state index is 0.00383. The predicted octanol–water partition coefficient (Wildman–Crippen LogP) is 4.56. The van der Waals surface area contributed by atoms with Crippen molar-refractivity contribution >= 4 is 34.6 Å². The van der Waals surface area contributed by atoms with Crippen LogP contribution in [-0.4, -0.2) is 34.0 Å². The maximum Gasteiger partial charge on any atom is 0.286 e. The third-order valence-electron chi connectivity index (χ3n) is 4.78. The molecule has 7 nitrogen and oxygen atoms in total. The number of thioether (sulfide) groups is 1. The number of carbonyl (C=O) groups is 1. The highest BCUT2D eigenvalue weighted by atomic mass is 32.2. The molecule has 0 aliphatic carbocycles. The van der Waals surface area contributed by atoms with Gasteiger partial charge in [-0.05, 0) is 42.7 Å². The molecule has 0 N–H and O–H groups in total. The number of amidine groups is 1. The maximum absolute atomic E-state index is 12.3. The van der Waals surface area contributed by atoms with Crippen LogP contribution in [0.4, 0.5) is 5.69 Å². The number of carbonyl (C=O) groups excluding carboxylic acids is 1. The molecule has 1 unspecified atom stereocenters. The van der Waals surface area contributed by atoms with Crippen molar-refractivity contribution in [2.24, 2.45) is 10.9 Å². The second kappa shape index (κ2) is 7.63. The summed E-state index contributed by atoms with van der Waals surface area (Å²) >= 11 is 1.37. The summed E-state index contributed by atoms with van der Waals surface area (Å²) in [4.78, 5) is 29.7. The fourth-order valence-corrected chi connectivity index (χ4v) is 4.31. The first-order valence-electron chi connectivity index (χ1n) is 9.12. The molecule has 0 radical (unpaired) electrons. The Kier molecular flexibility index (Phi) is 5.04. The lowest BCUT2D eigenvalue weighted by molar-refractivity contribution is -0.384. The van der Waals surface area contributed by atoms with Crippen LogP contribution in [0.3, 0.4) is 0 Å². The molecule has 1 fully saturated rings. The van der Waals surface area contributed by atoms with Gasteiger partial charge in [0.05, 0.1) is 9.83 Å². The molecule has 8 heteroatoms. The lowest BCUT2D eigenvalue weighted by Gasteiger charge is -2.31. The van der Waals surface area contributed by atoms with Crippen LogP contribution in [0.5, 0.6) is 0 Å². The smallest absolute Gasteiger partial charge is 0.286 e. The van der Waals surface area contributed by atoms with Crippen molar-refractivity contribution in [1.29, 1.82) is 0 Å². The second-order valence-corrected chi connectivity index (χ2v) is 8.02. The highest BCUT2D eigenvalue weighted by molar-refractivity contribution is 8.18. The number of hydrogen-bond acceptors (Lipinski definition) is 6. The fraction of sp³-hybridized carbons (Fsp3) is 0.300. The zero-order chi connectivity index (χ0) is 19.7. The third kappa shape index (κ3) is 3.87. The van der Waals surface area contributed by atoms with E-state index in [-0.39, 0.29) is 11.6 Å². The van der Waals surface area contributed by atoms with E-state index in [1.54, 1.807) is 30.3 Å². The zero-order valence-electron chi connectivity index (χ0n) is 15.3. The minimum atomic E-state index is -0.441. The average molecular weight is 397 g/mol. The van der Waals surface area contributed by atoms with Gasteiger partial charge in [-0.2, -0.15) is 4.99 Å². The summed E-state index contributed by atoms with van der Waals surface area (Å²) in [6.07, 6.45) is 3.99. The normalized spacial score (nSPS) is 21.2. The van der Waals surface area contributed by atoms with Gasteiger partial charge in [0.1, 0.15) is 11.5 Å². The lowest BCUT2D eigenvalue weighted by atomic mass is 10.0. The minimum Gasteiger partial charge on any atom is -0.457 e. The monoisotopic (exact) mass is 397 g/mol. The molecule has 28 heavy (non-hydrogen) atoms. The summed E-state index contributed by atoms with van der Waals surface area (Å²) < 4.78 is 5.78. The molecule has 0 spiro atoms. The molecule has 2 aliphatic heterocycles. The van der Waals surface area contributed by atoms with Crippen molar-refractivity contribution in [2.75, 3.05) is 13.1 Å².